The van der Waals surface area contributed by atoms with Gasteiger partial charge in [-0.15, -0.1) is 0 Å². The van der Waals surface area contributed by atoms with Crippen molar-refractivity contribution in [3.63, 3.8) is 0 Å². The second-order valence-corrected chi connectivity index (χ2v) is 5.46. The van der Waals surface area contributed by atoms with Gasteiger partial charge in [0, 0.05) is 5.39 Å². The number of hydrogen-bond acceptors (Lipinski definition) is 2. The van der Waals surface area contributed by atoms with Crippen LogP contribution in [0, 0.1) is 6.92 Å². The van der Waals surface area contributed by atoms with E-state index in [9.17, 15) is 8.42 Å². The first-order chi connectivity index (χ1) is 7.56. The van der Waals surface area contributed by atoms with E-state index in [2.05, 4.69) is 4.72 Å². The van der Waals surface area contributed by atoms with E-state index >= 15 is 0 Å². The van der Waals surface area contributed by atoms with Crippen LogP contribution in [-0.2, 0) is 10.0 Å². The molecule has 0 heterocycles. The van der Waals surface area contributed by atoms with Crippen LogP contribution in [0.4, 0.5) is 0 Å². The molecule has 0 fully saturated rings. The molecule has 0 bridgehead atoms. The zero-order valence-corrected chi connectivity index (χ0v) is 10.0. The Hall–Kier alpha value is -1.39. The molecule has 4 heteroatoms. The zero-order chi connectivity index (χ0) is 11.8. The molecule has 0 spiro atoms. The first-order valence-corrected chi connectivity index (χ1v) is 6.46. The summed E-state index contributed by atoms with van der Waals surface area (Å²) in [6, 6.07) is 11.2. The van der Waals surface area contributed by atoms with E-state index in [0.717, 1.165) is 16.3 Å². The third kappa shape index (κ3) is 1.70. The first kappa shape index (κ1) is 11.1. The van der Waals surface area contributed by atoms with Crippen molar-refractivity contribution >= 4 is 20.8 Å². The standard InChI is InChI=1S/C12H13NO2S/c1-9-7-8-10-5-3-4-6-11(10)12(9)16(14,15)13-2/h3-8,13H,1-2H3. The maximum Gasteiger partial charge on any atom is 0.241 e. The van der Waals surface area contributed by atoms with Gasteiger partial charge in [-0.1, -0.05) is 36.4 Å². The SMILES string of the molecule is CNS(=O)(=O)c1c(C)ccc2ccccc12. The Balaban J connectivity index is 2.92. The van der Waals surface area contributed by atoms with Crippen LogP contribution in [0.3, 0.4) is 0 Å². The Bertz CT molecular complexity index is 633. The normalized spacial score (nSPS) is 11.9. The predicted octanol–water partition coefficient (Wildman–Crippen LogP) is 2.06. The number of rotatable bonds is 2. The second-order valence-electron chi connectivity index (χ2n) is 3.64. The van der Waals surface area contributed by atoms with Crippen molar-refractivity contribution in [3.05, 3.63) is 42.0 Å². The first-order valence-electron chi connectivity index (χ1n) is 4.98. The number of nitrogens with one attached hydrogen (secondary N) is 1. The molecule has 3 nitrogen and oxygen atoms in total. The van der Waals surface area contributed by atoms with Gasteiger partial charge in [-0.2, -0.15) is 0 Å². The smallest absolute Gasteiger partial charge is 0.214 e. The average Bonchev–Trinajstić information content (AvgIpc) is 2.28. The van der Waals surface area contributed by atoms with Crippen molar-refractivity contribution in [1.29, 1.82) is 0 Å². The highest BCUT2D eigenvalue weighted by molar-refractivity contribution is 7.89. The molecule has 0 saturated heterocycles. The number of hydrogen-bond donors (Lipinski definition) is 1. The second kappa shape index (κ2) is 3.88. The van der Waals surface area contributed by atoms with Gasteiger partial charge in [0.2, 0.25) is 10.0 Å². The van der Waals surface area contributed by atoms with Crippen LogP contribution in [0.25, 0.3) is 10.8 Å². The predicted molar refractivity (Wildman–Crippen MR) is 64.9 cm³/mol. The molecule has 2 aromatic carbocycles. The lowest BCUT2D eigenvalue weighted by Gasteiger charge is -2.10. The molecule has 2 aromatic rings. The van der Waals surface area contributed by atoms with Crippen molar-refractivity contribution in [1.82, 2.24) is 4.72 Å². The van der Waals surface area contributed by atoms with Gasteiger partial charge in [0.05, 0.1) is 4.90 Å². The summed E-state index contributed by atoms with van der Waals surface area (Å²) in [7, 11) is -1.98. The lowest BCUT2D eigenvalue weighted by atomic mass is 10.1. The van der Waals surface area contributed by atoms with E-state index in [-0.39, 0.29) is 0 Å². The van der Waals surface area contributed by atoms with Gasteiger partial charge in [0.25, 0.3) is 0 Å². The highest BCUT2D eigenvalue weighted by Gasteiger charge is 2.17. The van der Waals surface area contributed by atoms with Crippen LogP contribution in [0.15, 0.2) is 41.3 Å². The third-order valence-electron chi connectivity index (χ3n) is 2.61. The maximum absolute atomic E-state index is 11.9. The summed E-state index contributed by atoms with van der Waals surface area (Å²) in [5.41, 5.74) is 0.757. The molecule has 0 aliphatic heterocycles. The summed E-state index contributed by atoms with van der Waals surface area (Å²) in [6.07, 6.45) is 0. The summed E-state index contributed by atoms with van der Waals surface area (Å²) < 4.78 is 26.2. The summed E-state index contributed by atoms with van der Waals surface area (Å²) >= 11 is 0. The molecule has 84 valence electrons. The molecule has 0 aliphatic carbocycles. The van der Waals surface area contributed by atoms with Crippen LogP contribution < -0.4 is 4.72 Å². The van der Waals surface area contributed by atoms with Crippen molar-refractivity contribution in [3.8, 4) is 0 Å². The van der Waals surface area contributed by atoms with E-state index in [1.807, 2.05) is 36.4 Å². The molecule has 2 rings (SSSR count). The summed E-state index contributed by atoms with van der Waals surface area (Å²) in [6.45, 7) is 1.80. The Morgan fingerprint density at radius 2 is 1.75 bits per heavy atom. The minimum absolute atomic E-state index is 0.369. The molecule has 0 radical (unpaired) electrons. The molecule has 16 heavy (non-hydrogen) atoms. The Kier molecular flexibility index (Phi) is 2.69. The van der Waals surface area contributed by atoms with Gasteiger partial charge in [-0.3, -0.25) is 0 Å². The Morgan fingerprint density at radius 3 is 2.44 bits per heavy atom. The topological polar surface area (TPSA) is 46.2 Å². The summed E-state index contributed by atoms with van der Waals surface area (Å²) in [4.78, 5) is 0.369. The fourth-order valence-electron chi connectivity index (χ4n) is 1.81. The van der Waals surface area contributed by atoms with Crippen molar-refractivity contribution in [2.24, 2.45) is 0 Å². The van der Waals surface area contributed by atoms with Crippen molar-refractivity contribution < 1.29 is 8.42 Å². The van der Waals surface area contributed by atoms with Crippen molar-refractivity contribution in [2.45, 2.75) is 11.8 Å². The summed E-state index contributed by atoms with van der Waals surface area (Å²) in [5, 5.41) is 1.69. The van der Waals surface area contributed by atoms with Gasteiger partial charge >= 0.3 is 0 Å². The van der Waals surface area contributed by atoms with E-state index in [4.69, 9.17) is 0 Å². The largest absolute Gasteiger partial charge is 0.241 e. The van der Waals surface area contributed by atoms with Gasteiger partial charge in [-0.25, -0.2) is 13.1 Å². The molecule has 0 aliphatic rings. The Morgan fingerprint density at radius 1 is 1.06 bits per heavy atom. The fourth-order valence-corrected chi connectivity index (χ4v) is 2.98. The molecule has 0 aromatic heterocycles. The monoisotopic (exact) mass is 235 g/mol. The number of fused-ring (bicyclic) bond motifs is 1. The van der Waals surface area contributed by atoms with Gasteiger partial charge < -0.3 is 0 Å². The van der Waals surface area contributed by atoms with Crippen LogP contribution in [0.2, 0.25) is 0 Å². The Labute approximate surface area is 95.2 Å². The molecule has 0 unspecified atom stereocenters. The molecule has 0 atom stereocenters. The zero-order valence-electron chi connectivity index (χ0n) is 9.19. The fraction of sp³-hybridized carbons (Fsp3) is 0.167. The van der Waals surface area contributed by atoms with E-state index < -0.39 is 10.0 Å². The van der Waals surface area contributed by atoms with Crippen LogP contribution in [0.1, 0.15) is 5.56 Å². The third-order valence-corrected chi connectivity index (χ3v) is 4.23. The van der Waals surface area contributed by atoms with Crippen LogP contribution >= 0.6 is 0 Å². The highest BCUT2D eigenvalue weighted by Crippen LogP contribution is 2.25. The van der Waals surface area contributed by atoms with Crippen LogP contribution in [0.5, 0.6) is 0 Å². The lowest BCUT2D eigenvalue weighted by molar-refractivity contribution is 0.588. The minimum Gasteiger partial charge on any atom is -0.214 e. The molecule has 0 saturated carbocycles. The van der Waals surface area contributed by atoms with Gasteiger partial charge in [0.15, 0.2) is 0 Å². The van der Waals surface area contributed by atoms with Gasteiger partial charge in [-0.05, 0) is 24.9 Å². The van der Waals surface area contributed by atoms with E-state index in [1.54, 1.807) is 6.92 Å². The quantitative estimate of drug-likeness (QED) is 0.866. The average molecular weight is 235 g/mol. The maximum atomic E-state index is 11.9. The molecular formula is C12H13NO2S. The number of benzene rings is 2. The van der Waals surface area contributed by atoms with Crippen molar-refractivity contribution in [2.75, 3.05) is 7.05 Å². The summed E-state index contributed by atoms with van der Waals surface area (Å²) in [5.74, 6) is 0. The van der Waals surface area contributed by atoms with Crippen LogP contribution in [-0.4, -0.2) is 15.5 Å². The lowest BCUT2D eigenvalue weighted by Crippen LogP contribution is -2.19. The molecular weight excluding hydrogens is 222 g/mol. The molecule has 1 N–H and O–H groups in total. The highest BCUT2D eigenvalue weighted by atomic mass is 32.2. The van der Waals surface area contributed by atoms with E-state index in [1.165, 1.54) is 7.05 Å². The van der Waals surface area contributed by atoms with Gasteiger partial charge in [0.1, 0.15) is 0 Å². The number of sulfonamides is 1. The molecule has 0 amide bonds. The van der Waals surface area contributed by atoms with E-state index in [0.29, 0.717) is 4.90 Å². The minimum atomic E-state index is -3.41. The number of aryl methyl sites for hydroxylation is 1.